The smallest absolute Gasteiger partial charge is 0.351 e. The van der Waals surface area contributed by atoms with Gasteiger partial charge in [-0.25, -0.2) is 18.4 Å². The summed E-state index contributed by atoms with van der Waals surface area (Å²) in [5, 5.41) is 4.34. The molecule has 0 heterocycles. The summed E-state index contributed by atoms with van der Waals surface area (Å²) in [6.07, 6.45) is 0.0937. The van der Waals surface area contributed by atoms with Crippen molar-refractivity contribution in [2.45, 2.75) is 39.5 Å². The molecule has 4 aromatic carbocycles. The first-order valence-electron chi connectivity index (χ1n) is 13.0. The number of halogens is 2. The maximum Gasteiger partial charge on any atom is 0.351 e. The van der Waals surface area contributed by atoms with E-state index in [1.807, 2.05) is 13.8 Å². The van der Waals surface area contributed by atoms with E-state index in [4.69, 9.17) is 9.47 Å². The van der Waals surface area contributed by atoms with Crippen LogP contribution in [0.25, 0.3) is 0 Å². The molecule has 0 aliphatic rings. The van der Waals surface area contributed by atoms with Gasteiger partial charge in [0.25, 0.3) is 0 Å². The van der Waals surface area contributed by atoms with Crippen LogP contribution >= 0.6 is 0 Å². The zero-order valence-electron chi connectivity index (χ0n) is 22.5. The Morgan fingerprint density at radius 1 is 0.610 bits per heavy atom. The first-order valence-corrected chi connectivity index (χ1v) is 13.0. The van der Waals surface area contributed by atoms with E-state index in [1.54, 1.807) is 72.8 Å². The van der Waals surface area contributed by atoms with Crippen molar-refractivity contribution in [1.29, 1.82) is 0 Å². The van der Waals surface area contributed by atoms with Gasteiger partial charge in [0, 0.05) is 16.2 Å². The summed E-state index contributed by atoms with van der Waals surface area (Å²) in [5.74, 6) is -2.73. The van der Waals surface area contributed by atoms with Gasteiger partial charge in [-0.2, -0.15) is 0 Å². The molecule has 0 bridgehead atoms. The van der Waals surface area contributed by atoms with E-state index in [2.05, 4.69) is 14.8 Å². The Kier molecular flexibility index (Phi) is 10.0. The summed E-state index contributed by atoms with van der Waals surface area (Å²) in [5.41, 5.74) is 1.50. The van der Waals surface area contributed by atoms with Crippen LogP contribution in [0.1, 0.15) is 36.1 Å². The third kappa shape index (κ3) is 8.12. The topological polar surface area (TPSA) is 80.3 Å². The Labute approximate surface area is 236 Å². The van der Waals surface area contributed by atoms with Crippen LogP contribution in [0.4, 0.5) is 8.78 Å². The van der Waals surface area contributed by atoms with E-state index in [-0.39, 0.29) is 22.6 Å². The molecule has 4 rings (SSSR count). The molecule has 4 aromatic rings. The Morgan fingerprint density at radius 2 is 1.00 bits per heavy atom. The molecule has 212 valence electrons. The molecule has 41 heavy (non-hydrogen) atoms. The second-order valence-electron chi connectivity index (χ2n) is 9.00. The maximum absolute atomic E-state index is 15.1. The number of benzene rings is 4. The van der Waals surface area contributed by atoms with Gasteiger partial charge in [-0.3, -0.25) is 9.78 Å². The Balaban J connectivity index is 1.35. The first kappa shape index (κ1) is 29.2. The van der Waals surface area contributed by atoms with Crippen molar-refractivity contribution >= 4 is 11.9 Å². The van der Waals surface area contributed by atoms with Gasteiger partial charge in [0.15, 0.2) is 23.1 Å². The van der Waals surface area contributed by atoms with E-state index in [1.165, 1.54) is 12.1 Å². The Morgan fingerprint density at radius 3 is 1.37 bits per heavy atom. The number of carbonyl (C=O) groups is 2. The number of ether oxygens (including phenoxy) is 2. The Hall–Kier alpha value is -4.76. The molecule has 0 aliphatic carbocycles. The van der Waals surface area contributed by atoms with Gasteiger partial charge in [0.2, 0.25) is 0 Å². The second kappa shape index (κ2) is 14.0. The van der Waals surface area contributed by atoms with Crippen molar-refractivity contribution in [3.8, 4) is 23.0 Å². The van der Waals surface area contributed by atoms with E-state index >= 15 is 8.78 Å². The molecule has 0 aromatic heterocycles. The predicted octanol–water partition coefficient (Wildman–Crippen LogP) is 7.39. The summed E-state index contributed by atoms with van der Waals surface area (Å²) >= 11 is 0. The highest BCUT2D eigenvalue weighted by atomic mass is 19.1. The number of para-hydroxylation sites is 2. The number of hydrogen-bond donors (Lipinski definition) is 0. The predicted molar refractivity (Wildman–Crippen MR) is 145 cm³/mol. The highest BCUT2D eigenvalue weighted by molar-refractivity contribution is 5.73. The van der Waals surface area contributed by atoms with Gasteiger partial charge < -0.3 is 9.47 Å². The second-order valence-corrected chi connectivity index (χ2v) is 9.00. The fraction of sp³-hybridized carbons (Fsp3) is 0.188. The van der Waals surface area contributed by atoms with Crippen LogP contribution in [0, 0.1) is 11.6 Å². The molecule has 0 saturated carbocycles. The van der Waals surface area contributed by atoms with Gasteiger partial charge in [0.05, 0.1) is 12.8 Å². The molecule has 0 aliphatic heterocycles. The molecular formula is C32H28F2O7. The summed E-state index contributed by atoms with van der Waals surface area (Å²) in [4.78, 5) is 33.6. The third-order valence-corrected chi connectivity index (χ3v) is 6.03. The standard InChI is InChI=1S/C32H28F2O7/c1-3-21-15-23(31(33)27(17-21)37-25-11-7-5-8-12-25)19-29(35)39-41-40-30(36)20-24-16-22(4-2)18-28(32(24)34)38-26-13-9-6-10-14-26/h5-18H,3-4,19-20H2,1-2H3. The van der Waals surface area contributed by atoms with E-state index in [9.17, 15) is 9.59 Å². The maximum atomic E-state index is 15.1. The fourth-order valence-electron chi connectivity index (χ4n) is 3.95. The number of rotatable bonds is 12. The van der Waals surface area contributed by atoms with Crippen LogP contribution in [0.2, 0.25) is 0 Å². The molecule has 0 radical (unpaired) electrons. The van der Waals surface area contributed by atoms with Crippen LogP contribution in [-0.4, -0.2) is 11.9 Å². The van der Waals surface area contributed by atoms with Crippen LogP contribution in [-0.2, 0) is 50.1 Å². The number of aryl methyl sites for hydroxylation is 2. The van der Waals surface area contributed by atoms with Crippen molar-refractivity contribution in [2.24, 2.45) is 0 Å². The molecule has 0 fully saturated rings. The highest BCUT2D eigenvalue weighted by Gasteiger charge is 2.20. The average molecular weight is 563 g/mol. The van der Waals surface area contributed by atoms with Crippen LogP contribution in [0.15, 0.2) is 84.9 Å². The fourth-order valence-corrected chi connectivity index (χ4v) is 3.95. The minimum absolute atomic E-state index is 0.0135. The lowest BCUT2D eigenvalue weighted by Gasteiger charge is -2.12. The molecular weight excluding hydrogens is 534 g/mol. The quantitative estimate of drug-likeness (QED) is 0.132. The number of carbonyl (C=O) groups excluding carboxylic acids is 2. The third-order valence-electron chi connectivity index (χ3n) is 6.03. The van der Waals surface area contributed by atoms with E-state index < -0.39 is 36.4 Å². The van der Waals surface area contributed by atoms with Crippen LogP contribution < -0.4 is 9.47 Å². The highest BCUT2D eigenvalue weighted by Crippen LogP contribution is 2.30. The van der Waals surface area contributed by atoms with Gasteiger partial charge in [-0.15, -0.1) is 0 Å². The van der Waals surface area contributed by atoms with Crippen molar-refractivity contribution in [1.82, 2.24) is 0 Å². The van der Waals surface area contributed by atoms with Crippen molar-refractivity contribution in [2.75, 3.05) is 0 Å². The summed E-state index contributed by atoms with van der Waals surface area (Å²) < 4.78 is 41.5. The minimum Gasteiger partial charge on any atom is -0.454 e. The van der Waals surface area contributed by atoms with E-state index in [0.717, 1.165) is 11.1 Å². The monoisotopic (exact) mass is 562 g/mol. The average Bonchev–Trinajstić information content (AvgIpc) is 2.98. The Bertz CT molecular complexity index is 1380. The summed E-state index contributed by atoms with van der Waals surface area (Å²) in [6.45, 7) is 3.75. The SMILES string of the molecule is CCc1cc(CC(=O)OOOC(=O)Cc2cc(CC)cc(Oc3ccccc3)c2F)c(F)c(Oc2ccccc2)c1. The first-order chi connectivity index (χ1) is 19.9. The lowest BCUT2D eigenvalue weighted by atomic mass is 10.0. The molecule has 0 amide bonds. The van der Waals surface area contributed by atoms with Crippen LogP contribution in [0.3, 0.4) is 0 Å². The molecule has 0 atom stereocenters. The van der Waals surface area contributed by atoms with Crippen molar-refractivity contribution in [3.63, 3.8) is 0 Å². The summed E-state index contributed by atoms with van der Waals surface area (Å²) in [7, 11) is 0. The van der Waals surface area contributed by atoms with E-state index in [0.29, 0.717) is 24.3 Å². The normalized spacial score (nSPS) is 10.6. The number of hydrogen-bond acceptors (Lipinski definition) is 7. The van der Waals surface area contributed by atoms with Crippen molar-refractivity contribution < 1.29 is 42.7 Å². The lowest BCUT2D eigenvalue weighted by molar-refractivity contribution is -0.459. The van der Waals surface area contributed by atoms with Gasteiger partial charge in [-0.05, 0) is 60.4 Å². The lowest BCUT2D eigenvalue weighted by Crippen LogP contribution is -2.15. The molecule has 0 unspecified atom stereocenters. The molecule has 0 spiro atoms. The molecule has 0 N–H and O–H groups in total. The van der Waals surface area contributed by atoms with Crippen molar-refractivity contribution in [3.05, 3.63) is 119 Å². The van der Waals surface area contributed by atoms with Crippen LogP contribution in [0.5, 0.6) is 23.0 Å². The largest absolute Gasteiger partial charge is 0.454 e. The summed E-state index contributed by atoms with van der Waals surface area (Å²) in [6, 6.07) is 23.4. The van der Waals surface area contributed by atoms with Gasteiger partial charge in [0.1, 0.15) is 11.5 Å². The van der Waals surface area contributed by atoms with Gasteiger partial charge in [-0.1, -0.05) is 62.4 Å². The minimum atomic E-state index is -1.02. The zero-order chi connectivity index (χ0) is 29.2. The van der Waals surface area contributed by atoms with Gasteiger partial charge >= 0.3 is 11.9 Å². The molecule has 7 nitrogen and oxygen atoms in total. The molecule has 0 saturated heterocycles. The zero-order valence-corrected chi connectivity index (χ0v) is 22.5. The molecule has 9 heteroatoms.